The van der Waals surface area contributed by atoms with E-state index in [1.54, 1.807) is 0 Å². The molecule has 0 aromatic heterocycles. The molecule has 20 heavy (non-hydrogen) atoms. The summed E-state index contributed by atoms with van der Waals surface area (Å²) in [6, 6.07) is 8.34. The van der Waals surface area contributed by atoms with Crippen molar-refractivity contribution in [3.8, 4) is 0 Å². The van der Waals surface area contributed by atoms with Crippen LogP contribution in [-0.2, 0) is 10.2 Å². The van der Waals surface area contributed by atoms with Crippen LogP contribution >= 0.6 is 0 Å². The average molecular weight is 270 g/mol. The fourth-order valence-corrected chi connectivity index (χ4v) is 4.20. The zero-order chi connectivity index (χ0) is 13.7. The Morgan fingerprint density at radius 2 is 2.10 bits per heavy atom. The summed E-state index contributed by atoms with van der Waals surface area (Å²) in [5.74, 6) is 1.18. The van der Waals surface area contributed by atoms with Gasteiger partial charge in [-0.25, -0.2) is 0 Å². The predicted octanol–water partition coefficient (Wildman–Crippen LogP) is 2.41. The van der Waals surface area contributed by atoms with Gasteiger partial charge in [-0.2, -0.15) is 0 Å². The second-order valence-electron chi connectivity index (χ2n) is 6.75. The highest BCUT2D eigenvalue weighted by molar-refractivity contribution is 6.08. The van der Waals surface area contributed by atoms with Gasteiger partial charge in [0.05, 0.1) is 5.41 Å². The van der Waals surface area contributed by atoms with E-state index in [-0.39, 0.29) is 5.41 Å². The van der Waals surface area contributed by atoms with Gasteiger partial charge in [0.15, 0.2) is 0 Å². The summed E-state index contributed by atoms with van der Waals surface area (Å²) in [6.45, 7) is 3.19. The zero-order valence-corrected chi connectivity index (χ0v) is 12.1. The Morgan fingerprint density at radius 3 is 2.85 bits per heavy atom. The first-order valence-electron chi connectivity index (χ1n) is 7.81. The maximum absolute atomic E-state index is 12.8. The van der Waals surface area contributed by atoms with E-state index in [2.05, 4.69) is 23.1 Å². The number of hydrogen-bond donors (Lipinski definition) is 0. The minimum absolute atomic E-state index is 0.255. The van der Waals surface area contributed by atoms with Crippen molar-refractivity contribution in [2.75, 3.05) is 31.6 Å². The highest BCUT2D eigenvalue weighted by Crippen LogP contribution is 2.47. The molecule has 2 heterocycles. The fraction of sp³-hybridized carbons (Fsp3) is 0.588. The van der Waals surface area contributed by atoms with Gasteiger partial charge in [-0.05, 0) is 43.4 Å². The molecule has 0 N–H and O–H groups in total. The second-order valence-corrected chi connectivity index (χ2v) is 6.75. The Kier molecular flexibility index (Phi) is 2.68. The number of nitrogens with zero attached hydrogens (tertiary/aromatic N) is 2. The number of benzene rings is 1. The van der Waals surface area contributed by atoms with Crippen LogP contribution in [0.5, 0.6) is 0 Å². The summed E-state index contributed by atoms with van der Waals surface area (Å²) < 4.78 is 0. The number of likely N-dealkylation sites (N-methyl/N-ethyl adjacent to an activating group) is 1. The number of carbonyl (C=O) groups excluding carboxylic acids is 1. The lowest BCUT2D eigenvalue weighted by atomic mass is 9.80. The predicted molar refractivity (Wildman–Crippen MR) is 79.9 cm³/mol. The number of anilines is 1. The minimum atomic E-state index is -0.255. The van der Waals surface area contributed by atoms with Gasteiger partial charge in [-0.15, -0.1) is 0 Å². The van der Waals surface area contributed by atoms with Crippen molar-refractivity contribution in [3.63, 3.8) is 0 Å². The zero-order valence-electron chi connectivity index (χ0n) is 12.1. The lowest BCUT2D eigenvalue weighted by Crippen LogP contribution is -2.42. The summed E-state index contributed by atoms with van der Waals surface area (Å²) in [4.78, 5) is 17.2. The van der Waals surface area contributed by atoms with Crippen LogP contribution in [-0.4, -0.2) is 37.5 Å². The SMILES string of the molecule is CN1C(=O)[C@]2(CCN(CC3CCC3)C2)c2ccccc21. The quantitative estimate of drug-likeness (QED) is 0.824. The molecule has 0 bridgehead atoms. The van der Waals surface area contributed by atoms with E-state index in [0.717, 1.165) is 31.1 Å². The van der Waals surface area contributed by atoms with E-state index in [9.17, 15) is 4.79 Å². The topological polar surface area (TPSA) is 23.6 Å². The summed E-state index contributed by atoms with van der Waals surface area (Å²) >= 11 is 0. The number of amides is 1. The van der Waals surface area contributed by atoms with Gasteiger partial charge in [0, 0.05) is 25.8 Å². The number of rotatable bonds is 2. The van der Waals surface area contributed by atoms with Gasteiger partial charge in [0.1, 0.15) is 0 Å². The lowest BCUT2D eigenvalue weighted by Gasteiger charge is -2.31. The standard InChI is InChI=1S/C17H22N2O/c1-18-15-8-3-2-7-14(15)17(16(18)20)9-10-19(12-17)11-13-5-4-6-13/h2-3,7-8,13H,4-6,9-12H2,1H3/t17-/m0/s1. The Morgan fingerprint density at radius 1 is 1.30 bits per heavy atom. The molecule has 3 aliphatic rings. The molecule has 0 radical (unpaired) electrons. The molecule has 1 saturated carbocycles. The summed E-state index contributed by atoms with van der Waals surface area (Å²) in [7, 11) is 1.92. The molecule has 1 aliphatic carbocycles. The molecule has 2 fully saturated rings. The van der Waals surface area contributed by atoms with E-state index < -0.39 is 0 Å². The van der Waals surface area contributed by atoms with E-state index in [0.29, 0.717) is 5.91 Å². The van der Waals surface area contributed by atoms with Crippen molar-refractivity contribution in [1.82, 2.24) is 4.90 Å². The molecule has 4 rings (SSSR count). The monoisotopic (exact) mass is 270 g/mol. The number of fused-ring (bicyclic) bond motifs is 2. The molecule has 1 aromatic rings. The smallest absolute Gasteiger partial charge is 0.238 e. The first-order valence-corrected chi connectivity index (χ1v) is 7.81. The van der Waals surface area contributed by atoms with Gasteiger partial charge >= 0.3 is 0 Å². The van der Waals surface area contributed by atoms with E-state index in [1.165, 1.54) is 31.4 Å². The molecular formula is C17H22N2O. The van der Waals surface area contributed by atoms with E-state index in [1.807, 2.05) is 18.0 Å². The Hall–Kier alpha value is -1.35. The third-order valence-electron chi connectivity index (χ3n) is 5.58. The third kappa shape index (κ3) is 1.59. The van der Waals surface area contributed by atoms with Crippen molar-refractivity contribution in [1.29, 1.82) is 0 Å². The third-order valence-corrected chi connectivity index (χ3v) is 5.58. The van der Waals surface area contributed by atoms with Crippen molar-refractivity contribution >= 4 is 11.6 Å². The second kappa shape index (κ2) is 4.32. The van der Waals surface area contributed by atoms with Crippen LogP contribution in [0.4, 0.5) is 5.69 Å². The van der Waals surface area contributed by atoms with Crippen LogP contribution < -0.4 is 4.90 Å². The van der Waals surface area contributed by atoms with Crippen LogP contribution in [0.3, 0.4) is 0 Å². The Labute approximate surface area is 120 Å². The molecule has 1 amide bonds. The highest BCUT2D eigenvalue weighted by Gasteiger charge is 2.53. The van der Waals surface area contributed by atoms with Crippen LogP contribution in [0.1, 0.15) is 31.2 Å². The van der Waals surface area contributed by atoms with Gasteiger partial charge in [-0.1, -0.05) is 24.6 Å². The number of likely N-dealkylation sites (tertiary alicyclic amines) is 1. The molecule has 1 aromatic carbocycles. The fourth-order valence-electron chi connectivity index (χ4n) is 4.20. The lowest BCUT2D eigenvalue weighted by molar-refractivity contribution is -0.122. The molecule has 1 atom stereocenters. The van der Waals surface area contributed by atoms with Crippen molar-refractivity contribution in [2.45, 2.75) is 31.1 Å². The number of hydrogen-bond acceptors (Lipinski definition) is 2. The normalized spacial score (nSPS) is 30.1. The van der Waals surface area contributed by atoms with Crippen LogP contribution in [0.2, 0.25) is 0 Å². The molecule has 3 nitrogen and oxygen atoms in total. The highest BCUT2D eigenvalue weighted by atomic mass is 16.2. The minimum Gasteiger partial charge on any atom is -0.314 e. The van der Waals surface area contributed by atoms with Crippen LogP contribution in [0.25, 0.3) is 0 Å². The summed E-state index contributed by atoms with van der Waals surface area (Å²) in [5.41, 5.74) is 2.11. The first kappa shape index (κ1) is 12.4. The molecule has 1 spiro atoms. The molecule has 106 valence electrons. The van der Waals surface area contributed by atoms with E-state index >= 15 is 0 Å². The molecule has 1 saturated heterocycles. The Bertz CT molecular complexity index is 552. The first-order chi connectivity index (χ1) is 9.71. The van der Waals surface area contributed by atoms with Crippen LogP contribution in [0, 0.1) is 5.92 Å². The number of carbonyl (C=O) groups is 1. The molecule has 2 aliphatic heterocycles. The van der Waals surface area contributed by atoms with Crippen molar-refractivity contribution < 1.29 is 4.79 Å². The molecule has 0 unspecified atom stereocenters. The van der Waals surface area contributed by atoms with Crippen molar-refractivity contribution in [3.05, 3.63) is 29.8 Å². The van der Waals surface area contributed by atoms with Gasteiger partial charge < -0.3 is 9.80 Å². The molecular weight excluding hydrogens is 248 g/mol. The maximum atomic E-state index is 12.8. The van der Waals surface area contributed by atoms with Gasteiger partial charge in [0.2, 0.25) is 5.91 Å². The van der Waals surface area contributed by atoms with E-state index in [4.69, 9.17) is 0 Å². The average Bonchev–Trinajstić information content (AvgIpc) is 2.94. The van der Waals surface area contributed by atoms with Crippen molar-refractivity contribution in [2.24, 2.45) is 5.92 Å². The summed E-state index contributed by atoms with van der Waals surface area (Å²) in [5, 5.41) is 0. The molecule has 3 heteroatoms. The van der Waals surface area contributed by atoms with Gasteiger partial charge in [-0.3, -0.25) is 4.79 Å². The van der Waals surface area contributed by atoms with Crippen LogP contribution in [0.15, 0.2) is 24.3 Å². The van der Waals surface area contributed by atoms with Gasteiger partial charge in [0.25, 0.3) is 0 Å². The summed E-state index contributed by atoms with van der Waals surface area (Å²) in [6.07, 6.45) is 5.15. The largest absolute Gasteiger partial charge is 0.314 e. The maximum Gasteiger partial charge on any atom is 0.238 e. The Balaban J connectivity index is 1.62. The number of para-hydroxylation sites is 1.